The Hall–Kier alpha value is -2.35. The molecule has 2 aromatic heterocycles. The molecule has 0 saturated carbocycles. The minimum Gasteiger partial charge on any atom is -0.365 e. The Kier molecular flexibility index (Phi) is 5.61. The lowest BCUT2D eigenvalue weighted by atomic mass is 10.3. The number of nitrogens with two attached hydrogens (primary N) is 1. The average molecular weight is 398 g/mol. The van der Waals surface area contributed by atoms with Gasteiger partial charge in [0.2, 0.25) is 10.9 Å². The summed E-state index contributed by atoms with van der Waals surface area (Å²) in [5.41, 5.74) is 5.23. The summed E-state index contributed by atoms with van der Waals surface area (Å²) in [7, 11) is -2.65. The first kappa shape index (κ1) is 18.4. The molecule has 11 nitrogen and oxygen atoms in total. The lowest BCUT2D eigenvalue weighted by molar-refractivity contribution is 0.100. The van der Waals surface area contributed by atoms with Crippen LogP contribution in [0, 0.1) is 6.92 Å². The number of carbonyl (C=O) groups is 1. The molecule has 0 aliphatic carbocycles. The van der Waals surface area contributed by atoms with Gasteiger partial charge in [0, 0.05) is 32.2 Å². The molecule has 26 heavy (non-hydrogen) atoms. The van der Waals surface area contributed by atoms with E-state index in [1.54, 1.807) is 18.0 Å². The number of thiazole rings is 1. The van der Waals surface area contributed by atoms with Gasteiger partial charge in [0.25, 0.3) is 5.91 Å². The highest BCUT2D eigenvalue weighted by atomic mass is 32.2. The van der Waals surface area contributed by atoms with Crippen molar-refractivity contribution in [3.05, 3.63) is 23.0 Å². The number of hydrogen-bond acceptors (Lipinski definition) is 10. The quantitative estimate of drug-likeness (QED) is 0.461. The molecular formula is C13H18N8O3S2. The Morgan fingerprint density at radius 1 is 1.27 bits per heavy atom. The van der Waals surface area contributed by atoms with Gasteiger partial charge < -0.3 is 16.0 Å². The molecule has 1 fully saturated rings. The highest BCUT2D eigenvalue weighted by molar-refractivity contribution is 7.70. The molecule has 1 amide bonds. The number of rotatable bonds is 6. The van der Waals surface area contributed by atoms with E-state index in [0.29, 0.717) is 47.8 Å². The van der Waals surface area contributed by atoms with Crippen LogP contribution in [0.25, 0.3) is 0 Å². The number of nitrogens with zero attached hydrogens (tertiary/aromatic N) is 5. The third-order valence-electron chi connectivity index (χ3n) is 3.63. The van der Waals surface area contributed by atoms with Gasteiger partial charge in [-0.15, -0.1) is 0 Å². The van der Waals surface area contributed by atoms with Crippen molar-refractivity contribution in [2.75, 3.05) is 36.4 Å². The van der Waals surface area contributed by atoms with Crippen LogP contribution in [0.2, 0.25) is 0 Å². The van der Waals surface area contributed by atoms with Crippen molar-refractivity contribution < 1.29 is 13.2 Å². The summed E-state index contributed by atoms with van der Waals surface area (Å²) in [5, 5.41) is 5.21. The number of hydrazine groups is 1. The SMILES string of the molecule is Cc1nc(Nc2ncc(C(N)=O)s2)cc(N2CCN(N[SH](=O)=O)CC2)n1. The fraction of sp³-hybridized carbons (Fsp3) is 0.385. The van der Waals surface area contributed by atoms with E-state index in [9.17, 15) is 13.2 Å². The molecule has 0 radical (unpaired) electrons. The molecule has 13 heteroatoms. The predicted molar refractivity (Wildman–Crippen MR) is 97.9 cm³/mol. The van der Waals surface area contributed by atoms with Gasteiger partial charge in [-0.3, -0.25) is 4.79 Å². The topological polar surface area (TPSA) is 146 Å². The van der Waals surface area contributed by atoms with Crippen molar-refractivity contribution in [1.82, 2.24) is 24.8 Å². The first-order chi connectivity index (χ1) is 12.4. The van der Waals surface area contributed by atoms with Crippen LogP contribution < -0.4 is 20.8 Å². The number of piperazine rings is 1. The molecule has 140 valence electrons. The second-order valence-electron chi connectivity index (χ2n) is 5.51. The van der Waals surface area contributed by atoms with Gasteiger partial charge in [-0.05, 0) is 6.92 Å². The number of aryl methyl sites for hydroxylation is 1. The summed E-state index contributed by atoms with van der Waals surface area (Å²) in [4.78, 5) is 28.8. The van der Waals surface area contributed by atoms with Crippen LogP contribution in [0.1, 0.15) is 15.5 Å². The first-order valence-electron chi connectivity index (χ1n) is 7.69. The molecule has 3 rings (SSSR count). The summed E-state index contributed by atoms with van der Waals surface area (Å²) >= 11 is 1.15. The Morgan fingerprint density at radius 2 is 2.00 bits per heavy atom. The molecule has 4 N–H and O–H groups in total. The summed E-state index contributed by atoms with van der Waals surface area (Å²) in [5.74, 6) is 1.35. The predicted octanol–water partition coefficient (Wildman–Crippen LogP) is -0.763. The molecule has 2 aromatic rings. The molecule has 0 bridgehead atoms. The van der Waals surface area contributed by atoms with Crippen LogP contribution in [0.5, 0.6) is 0 Å². The van der Waals surface area contributed by atoms with Gasteiger partial charge >= 0.3 is 0 Å². The minimum absolute atomic E-state index is 0.360. The first-order valence-corrected chi connectivity index (χ1v) is 9.69. The molecule has 1 aliphatic rings. The maximum Gasteiger partial charge on any atom is 0.260 e. The van der Waals surface area contributed by atoms with Crippen molar-refractivity contribution in [2.45, 2.75) is 6.92 Å². The lowest BCUT2D eigenvalue weighted by Crippen LogP contribution is -2.51. The van der Waals surface area contributed by atoms with Crippen molar-refractivity contribution in [2.24, 2.45) is 5.73 Å². The highest BCUT2D eigenvalue weighted by Crippen LogP contribution is 2.24. The second kappa shape index (κ2) is 7.90. The number of anilines is 3. The number of carbonyl (C=O) groups excluding carboxylic acids is 1. The van der Waals surface area contributed by atoms with Gasteiger partial charge in [-0.2, -0.15) is 4.83 Å². The summed E-state index contributed by atoms with van der Waals surface area (Å²) in [6, 6.07) is 1.79. The molecule has 0 atom stereocenters. The van der Waals surface area contributed by atoms with Crippen LogP contribution in [0.15, 0.2) is 12.3 Å². The van der Waals surface area contributed by atoms with E-state index in [0.717, 1.165) is 17.2 Å². The molecule has 0 unspecified atom stereocenters. The third kappa shape index (κ3) is 4.63. The van der Waals surface area contributed by atoms with Gasteiger partial charge in [0.05, 0.1) is 6.20 Å². The van der Waals surface area contributed by atoms with E-state index >= 15 is 0 Å². The van der Waals surface area contributed by atoms with Gasteiger partial charge in [0.15, 0.2) is 5.13 Å². The summed E-state index contributed by atoms with van der Waals surface area (Å²) in [6.45, 7) is 4.11. The number of aromatic nitrogens is 3. The lowest BCUT2D eigenvalue weighted by Gasteiger charge is -2.34. The number of thiol groups is 1. The molecule has 0 spiro atoms. The summed E-state index contributed by atoms with van der Waals surface area (Å²) < 4.78 is 21.5. The van der Waals surface area contributed by atoms with Crippen molar-refractivity contribution >= 4 is 44.9 Å². The fourth-order valence-electron chi connectivity index (χ4n) is 2.48. The average Bonchev–Trinajstić information content (AvgIpc) is 3.03. The highest BCUT2D eigenvalue weighted by Gasteiger charge is 2.19. The second-order valence-corrected chi connectivity index (χ2v) is 7.25. The van der Waals surface area contributed by atoms with Crippen molar-refractivity contribution in [3.8, 4) is 0 Å². The molecule has 0 aromatic carbocycles. The number of amides is 1. The number of hydrogen-bond donors (Lipinski definition) is 4. The van der Waals surface area contributed by atoms with E-state index in [1.165, 1.54) is 6.20 Å². The Bertz CT molecular complexity index is 868. The molecule has 3 heterocycles. The number of nitrogens with one attached hydrogen (secondary N) is 2. The van der Waals surface area contributed by atoms with Gasteiger partial charge in [-0.25, -0.2) is 28.4 Å². The Morgan fingerprint density at radius 3 is 2.62 bits per heavy atom. The van der Waals surface area contributed by atoms with Gasteiger partial charge in [0.1, 0.15) is 22.3 Å². The zero-order valence-corrected chi connectivity index (χ0v) is 15.6. The molecule has 1 aliphatic heterocycles. The minimum atomic E-state index is -2.65. The normalized spacial score (nSPS) is 15.4. The van der Waals surface area contributed by atoms with Crippen LogP contribution in [-0.2, 0) is 10.9 Å². The van der Waals surface area contributed by atoms with E-state index in [-0.39, 0.29) is 0 Å². The fourth-order valence-corrected chi connectivity index (χ4v) is 3.59. The third-order valence-corrected chi connectivity index (χ3v) is 5.01. The van der Waals surface area contributed by atoms with E-state index in [1.807, 2.05) is 4.90 Å². The maximum atomic E-state index is 11.2. The zero-order valence-electron chi connectivity index (χ0n) is 13.9. The largest absolute Gasteiger partial charge is 0.365 e. The zero-order chi connectivity index (χ0) is 18.7. The molecular weight excluding hydrogens is 380 g/mol. The maximum absolute atomic E-state index is 11.2. The standard InChI is InChI=1S/C13H18N8O3S2/c1-8-16-10(18-13-15-7-9(25-13)12(14)22)6-11(17-8)20-2-4-21(5-3-20)19-26(23)24/h6-7,26H,2-5H2,1H3,(H2,14,22)(H,19,23,24)(H,15,16,17,18). The summed E-state index contributed by atoms with van der Waals surface area (Å²) in [6.07, 6.45) is 1.41. The van der Waals surface area contributed by atoms with Crippen molar-refractivity contribution in [3.63, 3.8) is 0 Å². The van der Waals surface area contributed by atoms with Crippen LogP contribution in [0.4, 0.5) is 16.8 Å². The van der Waals surface area contributed by atoms with E-state index in [2.05, 4.69) is 25.1 Å². The monoisotopic (exact) mass is 398 g/mol. The smallest absolute Gasteiger partial charge is 0.260 e. The van der Waals surface area contributed by atoms with Gasteiger partial charge in [-0.1, -0.05) is 11.3 Å². The van der Waals surface area contributed by atoms with E-state index in [4.69, 9.17) is 5.73 Å². The van der Waals surface area contributed by atoms with E-state index < -0.39 is 16.8 Å². The Balaban J connectivity index is 1.70. The Labute approximate surface area is 155 Å². The van der Waals surface area contributed by atoms with Crippen molar-refractivity contribution in [1.29, 1.82) is 0 Å². The number of primary amides is 1. The van der Waals surface area contributed by atoms with Crippen LogP contribution in [-0.4, -0.2) is 60.5 Å². The van der Waals surface area contributed by atoms with Crippen LogP contribution in [0.3, 0.4) is 0 Å². The molecule has 1 saturated heterocycles. The van der Waals surface area contributed by atoms with Crippen LogP contribution >= 0.6 is 11.3 Å².